The van der Waals surface area contributed by atoms with E-state index in [-0.39, 0.29) is 0 Å². The summed E-state index contributed by atoms with van der Waals surface area (Å²) in [5, 5.41) is 0. The number of hydrogen-bond donors (Lipinski definition) is 0. The van der Waals surface area contributed by atoms with Gasteiger partial charge in [0.05, 0.1) is 0 Å². The Kier molecular flexibility index (Phi) is 2.77. The van der Waals surface area contributed by atoms with Gasteiger partial charge >= 0.3 is 0 Å². The molecule has 2 aromatic rings. The van der Waals surface area contributed by atoms with Crippen molar-refractivity contribution in [1.29, 1.82) is 0 Å². The van der Waals surface area contributed by atoms with Crippen LogP contribution >= 0.6 is 11.3 Å². The average molecular weight is 243 g/mol. The van der Waals surface area contributed by atoms with Crippen molar-refractivity contribution in [3.05, 3.63) is 57.3 Å². The second-order valence-electron chi connectivity index (χ2n) is 4.90. The fourth-order valence-corrected chi connectivity index (χ4v) is 3.87. The van der Waals surface area contributed by atoms with Gasteiger partial charge in [-0.3, -0.25) is 0 Å². The fourth-order valence-electron chi connectivity index (χ4n) is 2.69. The van der Waals surface area contributed by atoms with Gasteiger partial charge in [0, 0.05) is 28.8 Å². The zero-order valence-corrected chi connectivity index (χ0v) is 11.1. The second kappa shape index (κ2) is 4.28. The summed E-state index contributed by atoms with van der Waals surface area (Å²) < 4.78 is 0. The lowest BCUT2D eigenvalue weighted by Crippen LogP contribution is -2.29. The number of likely N-dealkylation sites (N-methyl/N-ethyl adjacent to an activating group) is 1. The van der Waals surface area contributed by atoms with Crippen LogP contribution in [-0.2, 0) is 6.54 Å². The summed E-state index contributed by atoms with van der Waals surface area (Å²) in [5.41, 5.74) is 3.00. The number of thiophene rings is 1. The van der Waals surface area contributed by atoms with Gasteiger partial charge < -0.3 is 4.90 Å². The van der Waals surface area contributed by atoms with Crippen LogP contribution in [0.15, 0.2) is 36.4 Å². The molecule has 0 bridgehead atoms. The van der Waals surface area contributed by atoms with Crippen LogP contribution in [-0.4, -0.2) is 18.5 Å². The number of nitrogens with zero attached hydrogens (tertiary/aromatic N) is 1. The molecule has 0 saturated heterocycles. The second-order valence-corrected chi connectivity index (χ2v) is 6.24. The third-order valence-corrected chi connectivity index (χ3v) is 4.50. The maximum Gasteiger partial charge on any atom is 0.0328 e. The zero-order valence-electron chi connectivity index (χ0n) is 10.3. The quantitative estimate of drug-likeness (QED) is 0.739. The van der Waals surface area contributed by atoms with Gasteiger partial charge in [-0.25, -0.2) is 0 Å². The highest BCUT2D eigenvalue weighted by atomic mass is 32.1. The van der Waals surface area contributed by atoms with Gasteiger partial charge in [0.1, 0.15) is 0 Å². The van der Waals surface area contributed by atoms with Crippen molar-refractivity contribution < 1.29 is 0 Å². The van der Waals surface area contributed by atoms with E-state index in [9.17, 15) is 0 Å². The Bertz CT molecular complexity index is 515. The van der Waals surface area contributed by atoms with Gasteiger partial charge in [0.2, 0.25) is 0 Å². The maximum absolute atomic E-state index is 2.43. The van der Waals surface area contributed by atoms with E-state index in [4.69, 9.17) is 0 Å². The Morgan fingerprint density at radius 1 is 1.24 bits per heavy atom. The summed E-state index contributed by atoms with van der Waals surface area (Å²) >= 11 is 1.95. The Morgan fingerprint density at radius 2 is 2.00 bits per heavy atom. The molecule has 88 valence electrons. The molecular formula is C15H17NS. The summed E-state index contributed by atoms with van der Waals surface area (Å²) in [5.74, 6) is 0.551. The molecule has 3 rings (SSSR count). The number of benzene rings is 1. The predicted octanol–water partition coefficient (Wildman–Crippen LogP) is 3.63. The lowest BCUT2D eigenvalue weighted by Gasteiger charge is -2.30. The van der Waals surface area contributed by atoms with E-state index in [0.29, 0.717) is 5.92 Å². The molecule has 0 N–H and O–H groups in total. The first-order valence-corrected chi connectivity index (χ1v) is 6.88. The van der Waals surface area contributed by atoms with Crippen molar-refractivity contribution in [2.45, 2.75) is 19.4 Å². The Labute approximate surface area is 107 Å². The lowest BCUT2D eigenvalue weighted by atomic mass is 9.88. The maximum atomic E-state index is 2.43. The summed E-state index contributed by atoms with van der Waals surface area (Å²) in [6.45, 7) is 4.45. The molecule has 0 aliphatic carbocycles. The van der Waals surface area contributed by atoms with Crippen LogP contribution in [0.2, 0.25) is 0 Å². The zero-order chi connectivity index (χ0) is 11.8. The smallest absolute Gasteiger partial charge is 0.0328 e. The van der Waals surface area contributed by atoms with Crippen molar-refractivity contribution in [2.24, 2.45) is 0 Å². The van der Waals surface area contributed by atoms with Gasteiger partial charge in [0.15, 0.2) is 0 Å². The molecule has 0 amide bonds. The topological polar surface area (TPSA) is 3.24 Å². The van der Waals surface area contributed by atoms with Crippen LogP contribution in [0, 0.1) is 6.92 Å². The van der Waals surface area contributed by atoms with Crippen LogP contribution < -0.4 is 0 Å². The lowest BCUT2D eigenvalue weighted by molar-refractivity contribution is 0.299. The number of aryl methyl sites for hydroxylation is 1. The monoisotopic (exact) mass is 243 g/mol. The van der Waals surface area contributed by atoms with Crippen molar-refractivity contribution >= 4 is 11.3 Å². The van der Waals surface area contributed by atoms with Crippen LogP contribution in [0.25, 0.3) is 0 Å². The molecule has 0 fully saturated rings. The molecule has 1 atom stereocenters. The highest BCUT2D eigenvalue weighted by Gasteiger charge is 2.26. The minimum absolute atomic E-state index is 0.551. The molecule has 1 aliphatic rings. The van der Waals surface area contributed by atoms with E-state index >= 15 is 0 Å². The molecule has 1 aliphatic heterocycles. The molecule has 1 aromatic carbocycles. The van der Waals surface area contributed by atoms with Gasteiger partial charge in [0.25, 0.3) is 0 Å². The fraction of sp³-hybridized carbons (Fsp3) is 0.333. The summed E-state index contributed by atoms with van der Waals surface area (Å²) in [6.07, 6.45) is 0. The standard InChI is InChI=1S/C15H17NS/c1-11-8-13-14(12-6-4-3-5-7-12)9-16(2)10-15(13)17-11/h3-8,14H,9-10H2,1-2H3. The molecule has 0 saturated carbocycles. The molecule has 2 heteroatoms. The number of rotatable bonds is 1. The Balaban J connectivity index is 2.06. The SMILES string of the molecule is Cc1cc2c(s1)CN(C)CC2c1ccccc1. The van der Waals surface area contributed by atoms with Crippen LogP contribution in [0.1, 0.15) is 26.8 Å². The van der Waals surface area contributed by atoms with E-state index in [1.54, 1.807) is 10.4 Å². The first kappa shape index (κ1) is 11.0. The number of hydrogen-bond acceptors (Lipinski definition) is 2. The molecule has 0 radical (unpaired) electrons. The van der Waals surface area contributed by atoms with Gasteiger partial charge in [-0.2, -0.15) is 0 Å². The molecule has 1 aromatic heterocycles. The third kappa shape index (κ3) is 2.03. The van der Waals surface area contributed by atoms with Crippen LogP contribution in [0.3, 0.4) is 0 Å². The van der Waals surface area contributed by atoms with Crippen LogP contribution in [0.5, 0.6) is 0 Å². The first-order valence-electron chi connectivity index (χ1n) is 6.07. The molecule has 1 unspecified atom stereocenters. The minimum Gasteiger partial charge on any atom is -0.300 e. The molecule has 0 spiro atoms. The van der Waals surface area contributed by atoms with Crippen molar-refractivity contribution in [1.82, 2.24) is 4.90 Å². The minimum atomic E-state index is 0.551. The van der Waals surface area contributed by atoms with E-state index in [0.717, 1.165) is 13.1 Å². The number of fused-ring (bicyclic) bond motifs is 1. The molecular weight excluding hydrogens is 226 g/mol. The average Bonchev–Trinajstić information content (AvgIpc) is 2.69. The van der Waals surface area contributed by atoms with Crippen molar-refractivity contribution in [3.8, 4) is 0 Å². The molecule has 2 heterocycles. The normalized spacial score (nSPS) is 20.2. The summed E-state index contributed by atoms with van der Waals surface area (Å²) in [4.78, 5) is 5.41. The van der Waals surface area contributed by atoms with Crippen LogP contribution in [0.4, 0.5) is 0 Å². The summed E-state index contributed by atoms with van der Waals surface area (Å²) in [6, 6.07) is 13.3. The van der Waals surface area contributed by atoms with E-state index in [1.807, 2.05) is 11.3 Å². The van der Waals surface area contributed by atoms with Gasteiger partial charge in [-0.15, -0.1) is 11.3 Å². The summed E-state index contributed by atoms with van der Waals surface area (Å²) in [7, 11) is 2.22. The molecule has 1 nitrogen and oxygen atoms in total. The first-order chi connectivity index (χ1) is 8.24. The van der Waals surface area contributed by atoms with E-state index in [2.05, 4.69) is 55.3 Å². The third-order valence-electron chi connectivity index (χ3n) is 3.45. The predicted molar refractivity (Wildman–Crippen MR) is 73.7 cm³/mol. The Hall–Kier alpha value is -1.12. The Morgan fingerprint density at radius 3 is 2.76 bits per heavy atom. The van der Waals surface area contributed by atoms with Crippen molar-refractivity contribution in [2.75, 3.05) is 13.6 Å². The van der Waals surface area contributed by atoms with Gasteiger partial charge in [-0.1, -0.05) is 30.3 Å². The van der Waals surface area contributed by atoms with Crippen molar-refractivity contribution in [3.63, 3.8) is 0 Å². The highest BCUT2D eigenvalue weighted by molar-refractivity contribution is 7.12. The molecule has 17 heavy (non-hydrogen) atoms. The van der Waals surface area contributed by atoms with E-state index < -0.39 is 0 Å². The van der Waals surface area contributed by atoms with Gasteiger partial charge in [-0.05, 0) is 31.2 Å². The van der Waals surface area contributed by atoms with E-state index in [1.165, 1.54) is 10.4 Å². The largest absolute Gasteiger partial charge is 0.300 e. The highest BCUT2D eigenvalue weighted by Crippen LogP contribution is 2.37.